The number of rotatable bonds is 6. The maximum absolute atomic E-state index is 14.4. The van der Waals surface area contributed by atoms with Crippen molar-refractivity contribution in [3.63, 3.8) is 0 Å². The third kappa shape index (κ3) is 7.53. The Morgan fingerprint density at radius 3 is 2.70 bits per heavy atom. The summed E-state index contributed by atoms with van der Waals surface area (Å²) in [5.74, 6) is -1.12. The number of pyridine rings is 1. The molecule has 5 atom stereocenters. The predicted molar refractivity (Wildman–Crippen MR) is 180 cm³/mol. The van der Waals surface area contributed by atoms with Crippen molar-refractivity contribution in [1.29, 1.82) is 0 Å². The van der Waals surface area contributed by atoms with E-state index in [1.807, 2.05) is 18.2 Å². The van der Waals surface area contributed by atoms with Crippen LogP contribution in [0.1, 0.15) is 65.7 Å². The number of aliphatic carboxylic acids is 1. The summed E-state index contributed by atoms with van der Waals surface area (Å²) in [6.45, 7) is 5.20. The van der Waals surface area contributed by atoms with Gasteiger partial charge in [0.2, 0.25) is 11.8 Å². The molecule has 4 heterocycles. The summed E-state index contributed by atoms with van der Waals surface area (Å²) in [5.41, 5.74) is -1.23. The minimum Gasteiger partial charge on any atom is -0.497 e. The molecule has 14 heteroatoms. The lowest BCUT2D eigenvalue weighted by atomic mass is 10.0. The molecule has 50 heavy (non-hydrogen) atoms. The number of benzene rings is 1. The number of aromatic nitrogens is 2. The highest BCUT2D eigenvalue weighted by Gasteiger charge is 2.61. The van der Waals surface area contributed by atoms with Crippen LogP contribution >= 0.6 is 0 Å². The topological polar surface area (TPSA) is 182 Å². The van der Waals surface area contributed by atoms with Crippen molar-refractivity contribution in [3.8, 4) is 23.0 Å². The molecule has 266 valence electrons. The van der Waals surface area contributed by atoms with Crippen LogP contribution in [0.15, 0.2) is 53.4 Å². The standard InChI is InChI=1S/C36H43N5O9/c1-35(2,3)50-34(46)39-25-11-9-7-5-6-8-10-21-17-36(21,33(44)45)40-31(42)28-15-23(19-41(28)32(25)43)49-29-16-27(30-18-37-20-48-30)38-26-14-22(47-4)12-13-24(26)29/h8,10,12-14,16,18,20-21,23,25,28H,5-7,9,11,15,17,19H2,1-4H3,(H,39,46)(H,40,42)(H,44,45)/b10-8-/t21?,23-,25-,28+,36-/m1/s1. The van der Waals surface area contributed by atoms with E-state index < -0.39 is 53.2 Å². The summed E-state index contributed by atoms with van der Waals surface area (Å²) in [5, 5.41) is 16.4. The summed E-state index contributed by atoms with van der Waals surface area (Å²) in [6, 6.07) is 5.01. The Hall–Kier alpha value is -5.14. The van der Waals surface area contributed by atoms with Crippen molar-refractivity contribution < 1.29 is 42.9 Å². The number of alkyl carbamates (subject to hydrolysis) is 1. The first kappa shape index (κ1) is 34.7. The van der Waals surface area contributed by atoms with Crippen molar-refractivity contribution >= 4 is 34.8 Å². The summed E-state index contributed by atoms with van der Waals surface area (Å²) >= 11 is 0. The average molecular weight is 690 g/mol. The van der Waals surface area contributed by atoms with Gasteiger partial charge in [0.1, 0.15) is 46.5 Å². The molecule has 0 spiro atoms. The molecule has 3 amide bonds. The number of nitrogens with zero attached hydrogens (tertiary/aromatic N) is 3. The molecule has 0 bridgehead atoms. The monoisotopic (exact) mass is 689 g/mol. The van der Waals surface area contributed by atoms with Crippen LogP contribution < -0.4 is 20.1 Å². The van der Waals surface area contributed by atoms with Gasteiger partial charge in [-0.2, -0.15) is 0 Å². The van der Waals surface area contributed by atoms with E-state index in [1.54, 1.807) is 46.1 Å². The van der Waals surface area contributed by atoms with Gasteiger partial charge in [0, 0.05) is 29.9 Å². The van der Waals surface area contributed by atoms with Gasteiger partial charge in [-0.15, -0.1) is 0 Å². The Morgan fingerprint density at radius 2 is 1.98 bits per heavy atom. The number of allylic oxidation sites excluding steroid dienone is 1. The van der Waals surface area contributed by atoms with Gasteiger partial charge < -0.3 is 39.3 Å². The zero-order valence-electron chi connectivity index (χ0n) is 28.6. The molecule has 1 saturated carbocycles. The number of methoxy groups -OCH3 is 1. The van der Waals surface area contributed by atoms with Crippen molar-refractivity contribution in [1.82, 2.24) is 25.5 Å². The van der Waals surface area contributed by atoms with E-state index in [-0.39, 0.29) is 25.3 Å². The molecular formula is C36H43N5O9. The normalized spacial score (nSPS) is 26.4. The predicted octanol–water partition coefficient (Wildman–Crippen LogP) is 4.62. The zero-order chi connectivity index (χ0) is 35.6. The second-order valence-corrected chi connectivity index (χ2v) is 14.1. The van der Waals surface area contributed by atoms with Gasteiger partial charge >= 0.3 is 12.1 Å². The van der Waals surface area contributed by atoms with Crippen LogP contribution in [-0.2, 0) is 19.1 Å². The molecule has 6 rings (SSSR count). The van der Waals surface area contributed by atoms with Crippen LogP contribution in [-0.4, -0.2) is 86.8 Å². The van der Waals surface area contributed by atoms with E-state index in [4.69, 9.17) is 23.6 Å². The van der Waals surface area contributed by atoms with Crippen molar-refractivity contribution in [3.05, 3.63) is 49.0 Å². The van der Waals surface area contributed by atoms with E-state index in [1.165, 1.54) is 17.5 Å². The zero-order valence-corrected chi connectivity index (χ0v) is 28.6. The van der Waals surface area contributed by atoms with Gasteiger partial charge in [-0.3, -0.25) is 9.59 Å². The Morgan fingerprint density at radius 1 is 1.16 bits per heavy atom. The maximum atomic E-state index is 14.4. The lowest BCUT2D eigenvalue weighted by molar-refractivity contribution is -0.145. The van der Waals surface area contributed by atoms with Gasteiger partial charge in [-0.1, -0.05) is 25.0 Å². The fraction of sp³-hybridized carbons (Fsp3) is 0.500. The average Bonchev–Trinajstić information content (AvgIpc) is 3.38. The number of carboxylic acids is 1. The second kappa shape index (κ2) is 14.0. The van der Waals surface area contributed by atoms with E-state index in [2.05, 4.69) is 15.6 Å². The van der Waals surface area contributed by atoms with Crippen LogP contribution in [0.25, 0.3) is 22.4 Å². The van der Waals surface area contributed by atoms with E-state index in [0.29, 0.717) is 46.7 Å². The number of nitrogens with one attached hydrogen (secondary N) is 2. The Kier molecular flexibility index (Phi) is 9.72. The first-order chi connectivity index (χ1) is 23.9. The van der Waals surface area contributed by atoms with Gasteiger partial charge in [0.15, 0.2) is 12.2 Å². The van der Waals surface area contributed by atoms with E-state index in [0.717, 1.165) is 19.3 Å². The molecule has 1 saturated heterocycles. The quantitative estimate of drug-likeness (QED) is 0.307. The minimum absolute atomic E-state index is 0.00440. The van der Waals surface area contributed by atoms with Crippen molar-refractivity contribution in [2.45, 2.75) is 95.0 Å². The summed E-state index contributed by atoms with van der Waals surface area (Å²) < 4.78 is 23.0. The first-order valence-corrected chi connectivity index (χ1v) is 16.9. The third-order valence-corrected chi connectivity index (χ3v) is 9.27. The van der Waals surface area contributed by atoms with Crippen LogP contribution in [0.5, 0.6) is 11.5 Å². The Balaban J connectivity index is 1.34. The highest BCUT2D eigenvalue weighted by atomic mass is 16.6. The summed E-state index contributed by atoms with van der Waals surface area (Å²) in [4.78, 5) is 63.9. The van der Waals surface area contributed by atoms with Gasteiger partial charge in [0.05, 0.1) is 25.4 Å². The molecule has 0 radical (unpaired) electrons. The second-order valence-electron chi connectivity index (χ2n) is 14.1. The highest BCUT2D eigenvalue weighted by Crippen LogP contribution is 2.45. The number of amides is 3. The van der Waals surface area contributed by atoms with Gasteiger partial charge in [-0.05, 0) is 58.6 Å². The molecule has 3 aromatic rings. The Bertz CT molecular complexity index is 1790. The molecule has 2 aliphatic heterocycles. The molecule has 14 nitrogen and oxygen atoms in total. The number of carboxylic acid groups (broad SMARTS) is 1. The maximum Gasteiger partial charge on any atom is 0.408 e. The number of carbonyl (C=O) groups is 4. The minimum atomic E-state index is -1.46. The van der Waals surface area contributed by atoms with Crippen LogP contribution in [0, 0.1) is 5.92 Å². The summed E-state index contributed by atoms with van der Waals surface area (Å²) in [7, 11) is 1.56. The summed E-state index contributed by atoms with van der Waals surface area (Å²) in [6.07, 6.45) is 8.88. The molecule has 1 aromatic carbocycles. The highest BCUT2D eigenvalue weighted by molar-refractivity contribution is 5.96. The van der Waals surface area contributed by atoms with Crippen LogP contribution in [0.3, 0.4) is 0 Å². The lowest BCUT2D eigenvalue weighted by Gasteiger charge is -2.30. The molecule has 1 unspecified atom stereocenters. The molecule has 2 aromatic heterocycles. The van der Waals surface area contributed by atoms with E-state index in [9.17, 15) is 24.3 Å². The smallest absolute Gasteiger partial charge is 0.408 e. The molecule has 1 aliphatic carbocycles. The van der Waals surface area contributed by atoms with Gasteiger partial charge in [0.25, 0.3) is 0 Å². The SMILES string of the molecule is COc1ccc2c(O[C@@H]3C[C@H]4C(=O)N[C@]5(C(=O)O)CC5/C=C\CCCCC[C@@H](NC(=O)OC(C)(C)C)C(=O)N4C3)cc(-c3cnco3)nc2c1. The fourth-order valence-corrected chi connectivity index (χ4v) is 6.65. The van der Waals surface area contributed by atoms with E-state index >= 15 is 0 Å². The molecular weight excluding hydrogens is 646 g/mol. The number of ether oxygens (including phenoxy) is 3. The Labute approximate surface area is 289 Å². The first-order valence-electron chi connectivity index (χ1n) is 16.9. The number of fused-ring (bicyclic) bond motifs is 3. The molecule has 2 fully saturated rings. The molecule has 3 aliphatic rings. The largest absolute Gasteiger partial charge is 0.497 e. The third-order valence-electron chi connectivity index (χ3n) is 9.27. The van der Waals surface area contributed by atoms with Crippen molar-refractivity contribution in [2.75, 3.05) is 13.7 Å². The molecule has 3 N–H and O–H groups in total. The number of hydrogen-bond donors (Lipinski definition) is 3. The van der Waals surface area contributed by atoms with Crippen LogP contribution in [0.4, 0.5) is 4.79 Å². The van der Waals surface area contributed by atoms with Gasteiger partial charge in [-0.25, -0.2) is 19.6 Å². The van der Waals surface area contributed by atoms with Crippen molar-refractivity contribution in [2.24, 2.45) is 5.92 Å². The number of oxazole rings is 1. The lowest BCUT2D eigenvalue weighted by Crippen LogP contribution is -2.56. The van der Waals surface area contributed by atoms with Crippen LogP contribution in [0.2, 0.25) is 0 Å². The number of carbonyl (C=O) groups excluding carboxylic acids is 3. The number of hydrogen-bond acceptors (Lipinski definition) is 10. The fourth-order valence-electron chi connectivity index (χ4n) is 6.65.